The van der Waals surface area contributed by atoms with Crippen molar-refractivity contribution in [3.05, 3.63) is 0 Å². The third-order valence-electron chi connectivity index (χ3n) is 2.46. The Labute approximate surface area is 96.9 Å². The predicted octanol–water partition coefficient (Wildman–Crippen LogP) is 1.56. The lowest BCUT2D eigenvalue weighted by Gasteiger charge is -2.24. The summed E-state index contributed by atoms with van der Waals surface area (Å²) in [6.45, 7) is 7.56. The summed E-state index contributed by atoms with van der Waals surface area (Å²) in [6.07, 6.45) is 0.667. The fraction of sp³-hybridized carbons (Fsp3) is 0.909. The molecule has 0 aliphatic carbocycles. The first-order valence-corrected chi connectivity index (χ1v) is 5.66. The average molecular weight is 230 g/mol. The van der Waals surface area contributed by atoms with Gasteiger partial charge in [0.25, 0.3) is 0 Å². The molecule has 0 aromatic rings. The lowest BCUT2D eigenvalue weighted by Crippen LogP contribution is -2.36. The van der Waals surface area contributed by atoms with Gasteiger partial charge in [0, 0.05) is 26.7 Å². The normalized spacial score (nSPS) is 21.6. The molecule has 1 N–H and O–H groups in total. The van der Waals surface area contributed by atoms with E-state index < -0.39 is 5.60 Å². The number of likely N-dealkylation sites (tertiary alicyclic amines) is 1. The van der Waals surface area contributed by atoms with Crippen molar-refractivity contribution in [1.82, 2.24) is 9.96 Å². The van der Waals surface area contributed by atoms with Crippen molar-refractivity contribution < 1.29 is 14.7 Å². The first-order chi connectivity index (χ1) is 7.28. The summed E-state index contributed by atoms with van der Waals surface area (Å²) in [6, 6.07) is 0. The number of carbonyl (C=O) groups is 1. The second kappa shape index (κ2) is 5.01. The van der Waals surface area contributed by atoms with Gasteiger partial charge in [0.1, 0.15) is 5.60 Å². The summed E-state index contributed by atoms with van der Waals surface area (Å²) in [7, 11) is 1.62. The largest absolute Gasteiger partial charge is 0.444 e. The molecule has 1 aliphatic rings. The number of nitrogens with zero attached hydrogens (tertiary/aromatic N) is 2. The highest BCUT2D eigenvalue weighted by atomic mass is 16.6. The Morgan fingerprint density at radius 3 is 2.69 bits per heavy atom. The van der Waals surface area contributed by atoms with E-state index in [-0.39, 0.29) is 6.09 Å². The average Bonchev–Trinajstić information content (AvgIpc) is 2.48. The zero-order valence-electron chi connectivity index (χ0n) is 10.6. The molecule has 0 saturated carbocycles. The molecule has 0 aromatic carbocycles. The molecule has 0 bridgehead atoms. The highest BCUT2D eigenvalue weighted by Crippen LogP contribution is 2.19. The van der Waals surface area contributed by atoms with Gasteiger partial charge in [-0.3, -0.25) is 0 Å². The third-order valence-corrected chi connectivity index (χ3v) is 2.46. The van der Waals surface area contributed by atoms with E-state index in [9.17, 15) is 4.79 Å². The zero-order chi connectivity index (χ0) is 12.3. The molecule has 1 amide bonds. The van der Waals surface area contributed by atoms with Gasteiger partial charge in [0.05, 0.1) is 0 Å². The van der Waals surface area contributed by atoms with E-state index in [2.05, 4.69) is 0 Å². The Kier molecular flexibility index (Phi) is 4.15. The Balaban J connectivity index is 2.38. The van der Waals surface area contributed by atoms with Crippen LogP contribution in [-0.4, -0.2) is 53.5 Å². The highest BCUT2D eigenvalue weighted by molar-refractivity contribution is 5.68. The van der Waals surface area contributed by atoms with Gasteiger partial charge in [-0.15, -0.1) is 0 Å². The van der Waals surface area contributed by atoms with Crippen LogP contribution in [0.5, 0.6) is 0 Å². The van der Waals surface area contributed by atoms with E-state index in [1.54, 1.807) is 11.9 Å². The van der Waals surface area contributed by atoms with Gasteiger partial charge in [-0.05, 0) is 33.1 Å². The first kappa shape index (κ1) is 13.3. The molecule has 1 atom stereocenters. The molecule has 0 spiro atoms. The molecule has 5 heteroatoms. The molecular formula is C11H22N2O3. The van der Waals surface area contributed by atoms with Crippen LogP contribution in [0.1, 0.15) is 27.2 Å². The summed E-state index contributed by atoms with van der Waals surface area (Å²) >= 11 is 0. The van der Waals surface area contributed by atoms with Crippen LogP contribution in [0.4, 0.5) is 4.79 Å². The minimum atomic E-state index is -0.442. The van der Waals surface area contributed by atoms with Crippen LogP contribution in [0.15, 0.2) is 0 Å². The number of rotatable bonds is 2. The van der Waals surface area contributed by atoms with E-state index >= 15 is 0 Å². The van der Waals surface area contributed by atoms with Crippen molar-refractivity contribution in [1.29, 1.82) is 0 Å². The highest BCUT2D eigenvalue weighted by Gasteiger charge is 2.29. The molecule has 1 fully saturated rings. The maximum atomic E-state index is 11.7. The van der Waals surface area contributed by atoms with Crippen LogP contribution in [0.2, 0.25) is 0 Å². The van der Waals surface area contributed by atoms with Crippen molar-refractivity contribution in [2.24, 2.45) is 5.92 Å². The number of ether oxygens (including phenoxy) is 1. The summed E-state index contributed by atoms with van der Waals surface area (Å²) in [5, 5.41) is 10.3. The Hall–Kier alpha value is -0.810. The van der Waals surface area contributed by atoms with E-state index in [1.165, 1.54) is 5.06 Å². The lowest BCUT2D eigenvalue weighted by atomic mass is 10.1. The van der Waals surface area contributed by atoms with Gasteiger partial charge in [-0.25, -0.2) is 4.79 Å². The summed E-state index contributed by atoms with van der Waals surface area (Å²) in [5.74, 6) is 0.336. The molecule has 1 saturated heterocycles. The minimum Gasteiger partial charge on any atom is -0.444 e. The van der Waals surface area contributed by atoms with E-state index in [4.69, 9.17) is 9.94 Å². The second-order valence-corrected chi connectivity index (χ2v) is 5.42. The molecule has 0 aromatic heterocycles. The summed E-state index contributed by atoms with van der Waals surface area (Å²) in [5.41, 5.74) is -0.442. The van der Waals surface area contributed by atoms with E-state index in [1.807, 2.05) is 20.8 Å². The Morgan fingerprint density at radius 1 is 1.56 bits per heavy atom. The topological polar surface area (TPSA) is 53.0 Å². The van der Waals surface area contributed by atoms with Gasteiger partial charge in [-0.1, -0.05) is 0 Å². The fourth-order valence-corrected chi connectivity index (χ4v) is 1.85. The Morgan fingerprint density at radius 2 is 2.19 bits per heavy atom. The third kappa shape index (κ3) is 4.37. The van der Waals surface area contributed by atoms with Crippen LogP contribution in [0, 0.1) is 5.92 Å². The molecule has 94 valence electrons. The van der Waals surface area contributed by atoms with Crippen LogP contribution in [0.25, 0.3) is 0 Å². The number of amides is 1. The fourth-order valence-electron chi connectivity index (χ4n) is 1.85. The van der Waals surface area contributed by atoms with Crippen LogP contribution in [-0.2, 0) is 4.74 Å². The van der Waals surface area contributed by atoms with Crippen molar-refractivity contribution in [2.75, 3.05) is 26.7 Å². The molecular weight excluding hydrogens is 208 g/mol. The van der Waals surface area contributed by atoms with Gasteiger partial charge >= 0.3 is 6.09 Å². The number of carbonyl (C=O) groups excluding carboxylic acids is 1. The zero-order valence-corrected chi connectivity index (χ0v) is 10.6. The van der Waals surface area contributed by atoms with Crippen molar-refractivity contribution in [3.8, 4) is 0 Å². The van der Waals surface area contributed by atoms with Gasteiger partial charge in [-0.2, -0.15) is 5.06 Å². The minimum absolute atomic E-state index is 0.254. The maximum Gasteiger partial charge on any atom is 0.410 e. The van der Waals surface area contributed by atoms with Crippen molar-refractivity contribution in [2.45, 2.75) is 32.8 Å². The number of hydrogen-bond acceptors (Lipinski definition) is 4. The van der Waals surface area contributed by atoms with Crippen LogP contribution >= 0.6 is 0 Å². The lowest BCUT2D eigenvalue weighted by molar-refractivity contribution is -0.0751. The van der Waals surface area contributed by atoms with Gasteiger partial charge < -0.3 is 14.8 Å². The number of hydrogen-bond donors (Lipinski definition) is 1. The molecule has 1 rings (SSSR count). The first-order valence-electron chi connectivity index (χ1n) is 5.66. The molecule has 1 aliphatic heterocycles. The summed E-state index contributed by atoms with van der Waals surface area (Å²) in [4.78, 5) is 13.4. The van der Waals surface area contributed by atoms with Crippen LogP contribution in [0.3, 0.4) is 0 Å². The van der Waals surface area contributed by atoms with Crippen molar-refractivity contribution in [3.63, 3.8) is 0 Å². The quantitative estimate of drug-likeness (QED) is 0.731. The molecule has 16 heavy (non-hydrogen) atoms. The second-order valence-electron chi connectivity index (χ2n) is 5.42. The molecule has 1 unspecified atom stereocenters. The molecule has 1 heterocycles. The molecule has 5 nitrogen and oxygen atoms in total. The number of hydroxylamine groups is 2. The smallest absolute Gasteiger partial charge is 0.410 e. The van der Waals surface area contributed by atoms with Crippen LogP contribution < -0.4 is 0 Å². The predicted molar refractivity (Wildman–Crippen MR) is 60.3 cm³/mol. The van der Waals surface area contributed by atoms with E-state index in [0.29, 0.717) is 25.6 Å². The monoisotopic (exact) mass is 230 g/mol. The van der Waals surface area contributed by atoms with Crippen molar-refractivity contribution >= 4 is 6.09 Å². The Bertz CT molecular complexity index is 248. The maximum absolute atomic E-state index is 11.7. The standard InChI is InChI=1S/C11H22N2O3/c1-11(2,3)16-10(14)13-6-5-9(8-13)7-12(4)15/h9,15H,5-8H2,1-4H3. The van der Waals surface area contributed by atoms with E-state index in [0.717, 1.165) is 6.42 Å². The summed E-state index contributed by atoms with van der Waals surface area (Å²) < 4.78 is 5.29. The molecule has 0 radical (unpaired) electrons. The SMILES string of the molecule is CN(O)CC1CCN(C(=O)OC(C)(C)C)C1. The van der Waals surface area contributed by atoms with Gasteiger partial charge in [0.15, 0.2) is 0 Å². The van der Waals surface area contributed by atoms with Gasteiger partial charge in [0.2, 0.25) is 0 Å².